The number of benzene rings is 1. The molecular weight excluding hydrogens is 284 g/mol. The summed E-state index contributed by atoms with van der Waals surface area (Å²) >= 11 is 1.40. The molecule has 0 radical (unpaired) electrons. The Bertz CT molecular complexity index is 624. The molecule has 1 N–H and O–H groups in total. The third-order valence-electron chi connectivity index (χ3n) is 3.02. The minimum atomic E-state index is 0.0296. The third-order valence-corrected chi connectivity index (χ3v) is 4.04. The van der Waals surface area contributed by atoms with Crippen molar-refractivity contribution >= 4 is 17.7 Å². The lowest BCUT2D eigenvalue weighted by Gasteiger charge is -2.05. The first-order chi connectivity index (χ1) is 10.1. The Balaban J connectivity index is 2.05. The van der Waals surface area contributed by atoms with E-state index in [1.807, 2.05) is 43.7 Å². The molecule has 2 aromatic rings. The molecule has 6 heteroatoms. The smallest absolute Gasteiger partial charge is 0.230 e. The average molecular weight is 304 g/mol. The van der Waals surface area contributed by atoms with E-state index < -0.39 is 0 Å². The summed E-state index contributed by atoms with van der Waals surface area (Å²) in [5.41, 5.74) is 2.22. The highest BCUT2D eigenvalue weighted by atomic mass is 32.2. The Morgan fingerprint density at radius 3 is 2.90 bits per heavy atom. The van der Waals surface area contributed by atoms with Gasteiger partial charge in [0.1, 0.15) is 0 Å². The number of nitrogens with one attached hydrogen (secondary N) is 1. The van der Waals surface area contributed by atoms with Gasteiger partial charge in [-0.05, 0) is 19.4 Å². The summed E-state index contributed by atoms with van der Waals surface area (Å²) in [6.45, 7) is 4.80. The lowest BCUT2D eigenvalue weighted by molar-refractivity contribution is -0.118. The molecule has 0 unspecified atom stereocenters. The fraction of sp³-hybridized carbons (Fsp3) is 0.400. The lowest BCUT2D eigenvalue weighted by atomic mass is 10.1. The van der Waals surface area contributed by atoms with Gasteiger partial charge in [0, 0.05) is 19.2 Å². The summed E-state index contributed by atoms with van der Waals surface area (Å²) in [5, 5.41) is 12.0. The van der Waals surface area contributed by atoms with E-state index in [-0.39, 0.29) is 5.91 Å². The van der Waals surface area contributed by atoms with E-state index in [0.717, 1.165) is 23.0 Å². The van der Waals surface area contributed by atoms with Gasteiger partial charge in [0.25, 0.3) is 0 Å². The van der Waals surface area contributed by atoms with Gasteiger partial charge in [-0.15, -0.1) is 10.2 Å². The summed E-state index contributed by atoms with van der Waals surface area (Å²) in [6, 6.07) is 8.14. The van der Waals surface area contributed by atoms with Crippen molar-refractivity contribution in [3.05, 3.63) is 29.8 Å². The maximum Gasteiger partial charge on any atom is 0.230 e. The average Bonchev–Trinajstić information content (AvgIpc) is 2.84. The molecule has 21 heavy (non-hydrogen) atoms. The van der Waals surface area contributed by atoms with Gasteiger partial charge in [0.15, 0.2) is 11.0 Å². The normalized spacial score (nSPS) is 10.6. The number of carbonyl (C=O) groups excluding carboxylic acids is 1. The van der Waals surface area contributed by atoms with Crippen LogP contribution >= 0.6 is 11.8 Å². The zero-order valence-electron chi connectivity index (χ0n) is 12.6. The fourth-order valence-corrected chi connectivity index (χ4v) is 2.66. The van der Waals surface area contributed by atoms with Crippen molar-refractivity contribution in [1.29, 1.82) is 0 Å². The SMILES string of the molecule is CCCNC(=O)CSc1nnc(-c2cccc(C)c2)n1C. The van der Waals surface area contributed by atoms with Gasteiger partial charge in [-0.2, -0.15) is 0 Å². The summed E-state index contributed by atoms with van der Waals surface area (Å²) in [7, 11) is 1.92. The molecule has 0 spiro atoms. The molecule has 0 bridgehead atoms. The number of amides is 1. The Kier molecular flexibility index (Phi) is 5.38. The largest absolute Gasteiger partial charge is 0.355 e. The molecule has 0 saturated carbocycles. The molecular formula is C15H20N4OS. The highest BCUT2D eigenvalue weighted by Gasteiger charge is 2.12. The fourth-order valence-electron chi connectivity index (χ4n) is 1.92. The second-order valence-electron chi connectivity index (χ2n) is 4.87. The van der Waals surface area contributed by atoms with Crippen molar-refractivity contribution in [1.82, 2.24) is 20.1 Å². The number of nitrogens with zero attached hydrogens (tertiary/aromatic N) is 3. The van der Waals surface area contributed by atoms with Crippen LogP contribution in [0.1, 0.15) is 18.9 Å². The van der Waals surface area contributed by atoms with Gasteiger partial charge >= 0.3 is 0 Å². The van der Waals surface area contributed by atoms with Crippen LogP contribution in [0.25, 0.3) is 11.4 Å². The first-order valence-electron chi connectivity index (χ1n) is 6.97. The number of rotatable bonds is 6. The Labute approximate surface area is 129 Å². The second-order valence-corrected chi connectivity index (χ2v) is 5.82. The van der Waals surface area contributed by atoms with Gasteiger partial charge in [0.2, 0.25) is 5.91 Å². The van der Waals surface area contributed by atoms with Crippen LogP contribution in [0, 0.1) is 6.92 Å². The van der Waals surface area contributed by atoms with Crippen LogP contribution in [-0.2, 0) is 11.8 Å². The summed E-state index contributed by atoms with van der Waals surface area (Å²) in [6.07, 6.45) is 0.942. The van der Waals surface area contributed by atoms with Crippen LogP contribution in [0.4, 0.5) is 0 Å². The van der Waals surface area contributed by atoms with E-state index in [2.05, 4.69) is 21.6 Å². The molecule has 0 aliphatic rings. The molecule has 1 heterocycles. The number of thioether (sulfide) groups is 1. The highest BCUT2D eigenvalue weighted by Crippen LogP contribution is 2.22. The van der Waals surface area contributed by atoms with Gasteiger partial charge in [-0.1, -0.05) is 42.4 Å². The van der Waals surface area contributed by atoms with Crippen LogP contribution in [-0.4, -0.2) is 33.0 Å². The second kappa shape index (κ2) is 7.26. The van der Waals surface area contributed by atoms with E-state index in [4.69, 9.17) is 0 Å². The zero-order chi connectivity index (χ0) is 15.2. The van der Waals surface area contributed by atoms with E-state index >= 15 is 0 Å². The Morgan fingerprint density at radius 2 is 2.19 bits per heavy atom. The third kappa shape index (κ3) is 4.07. The number of hydrogen-bond donors (Lipinski definition) is 1. The summed E-state index contributed by atoms with van der Waals surface area (Å²) < 4.78 is 1.92. The van der Waals surface area contributed by atoms with Crippen molar-refractivity contribution in [3.8, 4) is 11.4 Å². The van der Waals surface area contributed by atoms with E-state index in [1.54, 1.807) is 0 Å². The van der Waals surface area contributed by atoms with Crippen LogP contribution in [0.2, 0.25) is 0 Å². The van der Waals surface area contributed by atoms with E-state index in [1.165, 1.54) is 17.3 Å². The minimum absolute atomic E-state index is 0.0296. The topological polar surface area (TPSA) is 59.8 Å². The van der Waals surface area contributed by atoms with E-state index in [0.29, 0.717) is 12.3 Å². The van der Waals surface area contributed by atoms with Crippen LogP contribution < -0.4 is 5.32 Å². The Morgan fingerprint density at radius 1 is 1.38 bits per heavy atom. The number of aromatic nitrogens is 3. The molecule has 0 aliphatic heterocycles. The molecule has 0 saturated heterocycles. The van der Waals surface area contributed by atoms with Gasteiger partial charge in [-0.25, -0.2) is 0 Å². The minimum Gasteiger partial charge on any atom is -0.355 e. The molecule has 5 nitrogen and oxygen atoms in total. The lowest BCUT2D eigenvalue weighted by Crippen LogP contribution is -2.25. The molecule has 112 valence electrons. The Hall–Kier alpha value is -1.82. The van der Waals surface area contributed by atoms with E-state index in [9.17, 15) is 4.79 Å². The first-order valence-corrected chi connectivity index (χ1v) is 7.96. The zero-order valence-corrected chi connectivity index (χ0v) is 13.4. The maximum atomic E-state index is 11.6. The maximum absolute atomic E-state index is 11.6. The standard InChI is InChI=1S/C15H20N4OS/c1-4-8-16-13(20)10-21-15-18-17-14(19(15)3)12-7-5-6-11(2)9-12/h5-7,9H,4,8,10H2,1-3H3,(H,16,20). The molecule has 0 aliphatic carbocycles. The molecule has 1 aromatic carbocycles. The van der Waals surface area contributed by atoms with Crippen molar-refractivity contribution in [2.45, 2.75) is 25.4 Å². The van der Waals surface area contributed by atoms with Crippen molar-refractivity contribution in [2.75, 3.05) is 12.3 Å². The monoisotopic (exact) mass is 304 g/mol. The quantitative estimate of drug-likeness (QED) is 0.833. The number of hydrogen-bond acceptors (Lipinski definition) is 4. The predicted molar refractivity (Wildman–Crippen MR) is 85.2 cm³/mol. The summed E-state index contributed by atoms with van der Waals surface area (Å²) in [5.74, 6) is 1.21. The number of aryl methyl sites for hydroxylation is 1. The molecule has 2 rings (SSSR count). The van der Waals surface area contributed by atoms with Crippen molar-refractivity contribution in [2.24, 2.45) is 7.05 Å². The van der Waals surface area contributed by atoms with Gasteiger partial charge < -0.3 is 9.88 Å². The molecule has 0 atom stereocenters. The number of carbonyl (C=O) groups is 1. The first kappa shape index (κ1) is 15.6. The molecule has 1 aromatic heterocycles. The van der Waals surface area contributed by atoms with Crippen molar-refractivity contribution < 1.29 is 4.79 Å². The van der Waals surface area contributed by atoms with Gasteiger partial charge in [0.05, 0.1) is 5.75 Å². The molecule has 0 fully saturated rings. The van der Waals surface area contributed by atoms with Crippen LogP contribution in [0.15, 0.2) is 29.4 Å². The van der Waals surface area contributed by atoms with Crippen LogP contribution in [0.5, 0.6) is 0 Å². The summed E-state index contributed by atoms with van der Waals surface area (Å²) in [4.78, 5) is 11.6. The van der Waals surface area contributed by atoms with Crippen LogP contribution in [0.3, 0.4) is 0 Å². The highest BCUT2D eigenvalue weighted by molar-refractivity contribution is 7.99. The van der Waals surface area contributed by atoms with Gasteiger partial charge in [-0.3, -0.25) is 4.79 Å². The molecule has 1 amide bonds. The predicted octanol–water partition coefficient (Wildman–Crippen LogP) is 2.41. The van der Waals surface area contributed by atoms with Crippen molar-refractivity contribution in [3.63, 3.8) is 0 Å².